The Morgan fingerprint density at radius 1 is 1.00 bits per heavy atom. The summed E-state index contributed by atoms with van der Waals surface area (Å²) in [5, 5.41) is 0. The third-order valence-corrected chi connectivity index (χ3v) is 3.47. The van der Waals surface area contributed by atoms with Crippen LogP contribution in [-0.4, -0.2) is 36.5 Å². The van der Waals surface area contributed by atoms with Crippen molar-refractivity contribution in [2.45, 2.75) is 69.6 Å². The molecule has 3 aliphatic rings. The Kier molecular flexibility index (Phi) is 2.51. The van der Waals surface area contributed by atoms with Gasteiger partial charge in [-0.05, 0) is 33.6 Å². The van der Waals surface area contributed by atoms with Crippen molar-refractivity contribution in [1.82, 2.24) is 0 Å². The summed E-state index contributed by atoms with van der Waals surface area (Å²) in [5.41, 5.74) is 0. The van der Waals surface area contributed by atoms with Crippen LogP contribution in [0.1, 0.15) is 33.1 Å². The molecule has 0 N–H and O–H groups in total. The van der Waals surface area contributed by atoms with Crippen LogP contribution < -0.4 is 0 Å². The van der Waals surface area contributed by atoms with E-state index in [1.54, 1.807) is 0 Å². The summed E-state index contributed by atoms with van der Waals surface area (Å²) in [6, 6.07) is 0. The van der Waals surface area contributed by atoms with Gasteiger partial charge < -0.3 is 18.9 Å². The zero-order valence-corrected chi connectivity index (χ0v) is 9.85. The van der Waals surface area contributed by atoms with Gasteiger partial charge in [-0.1, -0.05) is 0 Å². The van der Waals surface area contributed by atoms with Crippen molar-refractivity contribution < 1.29 is 18.9 Å². The fraction of sp³-hybridized carbons (Fsp3) is 0.917. The number of ether oxygens (including phenoxy) is 4. The third-order valence-electron chi connectivity index (χ3n) is 3.47. The summed E-state index contributed by atoms with van der Waals surface area (Å²) in [4.78, 5) is 0. The summed E-state index contributed by atoms with van der Waals surface area (Å²) in [5.74, 6) is -0.508. The average molecular weight is 227 g/mol. The summed E-state index contributed by atoms with van der Waals surface area (Å²) < 4.78 is 23.0. The molecule has 3 rings (SSSR count). The van der Waals surface area contributed by atoms with Crippen LogP contribution in [0, 0.1) is 6.92 Å². The SMILES string of the molecule is [CH2][C@H]1CC[C@H]([C@@H]2C[C@H]3OC(C)(C)O[C@H]3O2)O1. The molecule has 0 bridgehead atoms. The van der Waals surface area contributed by atoms with E-state index in [1.807, 2.05) is 13.8 Å². The molecular weight excluding hydrogens is 208 g/mol. The Bertz CT molecular complexity index is 262. The van der Waals surface area contributed by atoms with E-state index >= 15 is 0 Å². The molecule has 0 aromatic heterocycles. The van der Waals surface area contributed by atoms with Gasteiger partial charge in [0.05, 0.1) is 18.3 Å². The minimum absolute atomic E-state index is 0.0625. The predicted molar refractivity (Wildman–Crippen MR) is 56.6 cm³/mol. The smallest absolute Gasteiger partial charge is 0.187 e. The lowest BCUT2D eigenvalue weighted by molar-refractivity contribution is -0.215. The van der Waals surface area contributed by atoms with E-state index in [-0.39, 0.29) is 30.7 Å². The highest BCUT2D eigenvalue weighted by Gasteiger charge is 2.51. The lowest BCUT2D eigenvalue weighted by Gasteiger charge is -2.23. The first-order chi connectivity index (χ1) is 7.53. The summed E-state index contributed by atoms with van der Waals surface area (Å²) in [6.45, 7) is 7.75. The van der Waals surface area contributed by atoms with Gasteiger partial charge in [-0.2, -0.15) is 0 Å². The number of rotatable bonds is 1. The van der Waals surface area contributed by atoms with Gasteiger partial charge in [0, 0.05) is 6.42 Å². The second-order valence-corrected chi connectivity index (χ2v) is 5.33. The van der Waals surface area contributed by atoms with Crippen molar-refractivity contribution in [1.29, 1.82) is 0 Å². The Morgan fingerprint density at radius 2 is 1.81 bits per heavy atom. The largest absolute Gasteiger partial charge is 0.372 e. The van der Waals surface area contributed by atoms with E-state index in [9.17, 15) is 0 Å². The van der Waals surface area contributed by atoms with Gasteiger partial charge in [0.15, 0.2) is 12.1 Å². The molecule has 3 fully saturated rings. The molecule has 3 heterocycles. The summed E-state index contributed by atoms with van der Waals surface area (Å²) >= 11 is 0. The summed E-state index contributed by atoms with van der Waals surface area (Å²) in [7, 11) is 0. The lowest BCUT2D eigenvalue weighted by atomic mass is 10.1. The third kappa shape index (κ3) is 1.88. The molecule has 1 radical (unpaired) electrons. The molecule has 0 aromatic carbocycles. The molecule has 0 amide bonds. The Morgan fingerprint density at radius 3 is 2.44 bits per heavy atom. The predicted octanol–water partition coefficient (Wildman–Crippen LogP) is 1.63. The molecule has 0 aliphatic carbocycles. The van der Waals surface area contributed by atoms with Gasteiger partial charge in [-0.25, -0.2) is 0 Å². The molecule has 16 heavy (non-hydrogen) atoms. The molecule has 4 heteroatoms. The fourth-order valence-electron chi connectivity index (χ4n) is 2.78. The topological polar surface area (TPSA) is 36.9 Å². The highest BCUT2D eigenvalue weighted by Crippen LogP contribution is 2.40. The van der Waals surface area contributed by atoms with E-state index in [4.69, 9.17) is 18.9 Å². The molecule has 4 nitrogen and oxygen atoms in total. The van der Waals surface area contributed by atoms with Crippen molar-refractivity contribution >= 4 is 0 Å². The van der Waals surface area contributed by atoms with Crippen LogP contribution >= 0.6 is 0 Å². The molecule has 5 atom stereocenters. The van der Waals surface area contributed by atoms with E-state index in [0.717, 1.165) is 19.3 Å². The zero-order valence-electron chi connectivity index (χ0n) is 9.85. The van der Waals surface area contributed by atoms with Crippen LogP contribution in [0.5, 0.6) is 0 Å². The fourth-order valence-corrected chi connectivity index (χ4v) is 2.78. The molecule has 0 saturated carbocycles. The van der Waals surface area contributed by atoms with Gasteiger partial charge in [0.2, 0.25) is 0 Å². The van der Waals surface area contributed by atoms with Crippen LogP contribution in [0.2, 0.25) is 0 Å². The Hall–Kier alpha value is -0.160. The van der Waals surface area contributed by atoms with Crippen molar-refractivity contribution in [3.05, 3.63) is 6.92 Å². The highest BCUT2D eigenvalue weighted by atomic mass is 16.8. The van der Waals surface area contributed by atoms with E-state index in [1.165, 1.54) is 0 Å². The van der Waals surface area contributed by atoms with Crippen LogP contribution in [0.4, 0.5) is 0 Å². The number of hydrogen-bond donors (Lipinski definition) is 0. The second kappa shape index (κ2) is 3.67. The van der Waals surface area contributed by atoms with Crippen molar-refractivity contribution in [3.63, 3.8) is 0 Å². The first-order valence-electron chi connectivity index (χ1n) is 6.03. The standard InChI is InChI=1S/C12H19O4/c1-7-4-5-8(13-7)9-6-10-11(14-9)16-12(2,3)15-10/h7-11H,1,4-6H2,2-3H3/t7-,8+,9-,10+,11+/m0/s1. The molecule has 91 valence electrons. The first-order valence-corrected chi connectivity index (χ1v) is 6.03. The van der Waals surface area contributed by atoms with Crippen LogP contribution in [-0.2, 0) is 18.9 Å². The lowest BCUT2D eigenvalue weighted by Crippen LogP contribution is -2.30. The van der Waals surface area contributed by atoms with Crippen LogP contribution in [0.3, 0.4) is 0 Å². The molecular formula is C12H19O4. The molecule has 0 aromatic rings. The minimum Gasteiger partial charge on any atom is -0.372 e. The van der Waals surface area contributed by atoms with E-state index in [2.05, 4.69) is 6.92 Å². The Balaban J connectivity index is 1.60. The summed E-state index contributed by atoms with van der Waals surface area (Å²) in [6.07, 6.45) is 3.16. The number of fused-ring (bicyclic) bond motifs is 1. The molecule has 0 spiro atoms. The maximum atomic E-state index is 5.85. The molecule has 0 unspecified atom stereocenters. The maximum absolute atomic E-state index is 5.85. The number of hydrogen-bond acceptors (Lipinski definition) is 4. The maximum Gasteiger partial charge on any atom is 0.187 e. The Labute approximate surface area is 96.2 Å². The van der Waals surface area contributed by atoms with E-state index in [0.29, 0.717) is 0 Å². The van der Waals surface area contributed by atoms with Gasteiger partial charge in [0.25, 0.3) is 0 Å². The van der Waals surface area contributed by atoms with E-state index < -0.39 is 5.79 Å². The quantitative estimate of drug-likeness (QED) is 0.682. The minimum atomic E-state index is -0.508. The van der Waals surface area contributed by atoms with Gasteiger partial charge in [-0.15, -0.1) is 0 Å². The highest BCUT2D eigenvalue weighted by molar-refractivity contribution is 4.91. The van der Waals surface area contributed by atoms with Gasteiger partial charge in [0.1, 0.15) is 6.10 Å². The molecule has 3 saturated heterocycles. The first kappa shape index (κ1) is 11.0. The second-order valence-electron chi connectivity index (χ2n) is 5.33. The monoisotopic (exact) mass is 227 g/mol. The van der Waals surface area contributed by atoms with Crippen LogP contribution in [0.25, 0.3) is 0 Å². The average Bonchev–Trinajstić information content (AvgIpc) is 2.77. The van der Waals surface area contributed by atoms with Crippen molar-refractivity contribution in [2.75, 3.05) is 0 Å². The molecule has 3 aliphatic heterocycles. The zero-order chi connectivity index (χ0) is 11.3. The van der Waals surface area contributed by atoms with Crippen molar-refractivity contribution in [2.24, 2.45) is 0 Å². The van der Waals surface area contributed by atoms with Gasteiger partial charge >= 0.3 is 0 Å². The van der Waals surface area contributed by atoms with Gasteiger partial charge in [-0.3, -0.25) is 0 Å². The van der Waals surface area contributed by atoms with Crippen molar-refractivity contribution in [3.8, 4) is 0 Å². The van der Waals surface area contributed by atoms with Crippen LogP contribution in [0.15, 0.2) is 0 Å². The normalized spacial score (nSPS) is 50.8.